The van der Waals surface area contributed by atoms with Gasteiger partial charge >= 0.3 is 0 Å². The first kappa shape index (κ1) is 22.1. The number of nitrogens with zero attached hydrogens (tertiary/aromatic N) is 1. The lowest BCUT2D eigenvalue weighted by Crippen LogP contribution is -2.42. The van der Waals surface area contributed by atoms with Crippen LogP contribution in [-0.2, 0) is 24.1 Å². The van der Waals surface area contributed by atoms with Crippen molar-refractivity contribution in [3.8, 4) is 0 Å². The smallest absolute Gasteiger partial charge is 0.279 e. The summed E-state index contributed by atoms with van der Waals surface area (Å²) in [6.45, 7) is 2.20. The zero-order valence-corrected chi connectivity index (χ0v) is 18.9. The van der Waals surface area contributed by atoms with Gasteiger partial charge in [0.15, 0.2) is 5.13 Å². The number of nitrogens with one attached hydrogen (secondary N) is 3. The van der Waals surface area contributed by atoms with Crippen molar-refractivity contribution in [3.63, 3.8) is 0 Å². The Bertz CT molecular complexity index is 1170. The summed E-state index contributed by atoms with van der Waals surface area (Å²) >= 11 is 2.59. The third-order valence-corrected chi connectivity index (χ3v) is 7.14. The van der Waals surface area contributed by atoms with Crippen LogP contribution >= 0.6 is 22.7 Å². The number of aromatic nitrogens is 1. The van der Waals surface area contributed by atoms with Gasteiger partial charge in [-0.05, 0) is 48.9 Å². The van der Waals surface area contributed by atoms with Crippen molar-refractivity contribution in [2.45, 2.75) is 32.6 Å². The summed E-state index contributed by atoms with van der Waals surface area (Å²) in [7, 11) is 0. The van der Waals surface area contributed by atoms with Crippen molar-refractivity contribution < 1.29 is 18.8 Å². The number of fused-ring (bicyclic) bond motifs is 1. The molecule has 2 aromatic heterocycles. The molecule has 0 spiro atoms. The Labute approximate surface area is 192 Å². The first-order chi connectivity index (χ1) is 15.4. The number of thiophene rings is 1. The lowest BCUT2D eigenvalue weighted by atomic mass is 9.90. The van der Waals surface area contributed by atoms with Crippen LogP contribution in [0, 0.1) is 11.7 Å². The van der Waals surface area contributed by atoms with Gasteiger partial charge in [-0.25, -0.2) is 9.37 Å². The van der Waals surface area contributed by atoms with E-state index in [0.29, 0.717) is 16.5 Å². The average Bonchev–Trinajstić information content (AvgIpc) is 3.38. The number of hydrogen-bond acceptors (Lipinski definition) is 6. The van der Waals surface area contributed by atoms with Gasteiger partial charge in [-0.15, -0.1) is 22.7 Å². The number of hydrazine groups is 1. The Kier molecular flexibility index (Phi) is 6.61. The maximum absolute atomic E-state index is 13.7. The van der Waals surface area contributed by atoms with Crippen molar-refractivity contribution >= 4 is 45.5 Å². The maximum atomic E-state index is 13.7. The molecule has 0 radical (unpaired) electrons. The van der Waals surface area contributed by atoms with Crippen LogP contribution in [0.25, 0.3) is 0 Å². The topological polar surface area (TPSA) is 100 Å². The first-order valence-corrected chi connectivity index (χ1v) is 11.8. The number of carbonyl (C=O) groups excluding carboxylic acids is 3. The number of anilines is 1. The summed E-state index contributed by atoms with van der Waals surface area (Å²) < 4.78 is 13.7. The quantitative estimate of drug-likeness (QED) is 0.493. The Morgan fingerprint density at radius 3 is 2.81 bits per heavy atom. The van der Waals surface area contributed by atoms with Crippen LogP contribution in [0.4, 0.5) is 9.52 Å². The lowest BCUT2D eigenvalue weighted by Gasteiger charge is -2.16. The monoisotopic (exact) mass is 472 g/mol. The second kappa shape index (κ2) is 9.58. The fourth-order valence-corrected chi connectivity index (χ4v) is 5.28. The van der Waals surface area contributed by atoms with E-state index in [9.17, 15) is 18.8 Å². The number of hydrogen-bond donors (Lipinski definition) is 3. The maximum Gasteiger partial charge on any atom is 0.279 e. The molecule has 1 atom stereocenters. The molecule has 0 saturated carbocycles. The van der Waals surface area contributed by atoms with Gasteiger partial charge in [0.05, 0.1) is 22.6 Å². The molecule has 2 heterocycles. The number of rotatable bonds is 5. The highest BCUT2D eigenvalue weighted by Crippen LogP contribution is 2.32. The molecule has 3 N–H and O–H groups in total. The summed E-state index contributed by atoms with van der Waals surface area (Å²) in [4.78, 5) is 42.7. The molecular formula is C22H21FN4O3S2. The molecule has 7 nitrogen and oxygen atoms in total. The Morgan fingerprint density at radius 2 is 2.00 bits per heavy atom. The highest BCUT2D eigenvalue weighted by molar-refractivity contribution is 7.14. The minimum Gasteiger partial charge on any atom is -0.298 e. The molecule has 1 aromatic carbocycles. The second-order valence-corrected chi connectivity index (χ2v) is 9.66. The molecule has 0 bridgehead atoms. The van der Waals surface area contributed by atoms with E-state index in [1.54, 1.807) is 11.4 Å². The molecule has 32 heavy (non-hydrogen) atoms. The van der Waals surface area contributed by atoms with Gasteiger partial charge in [0.2, 0.25) is 5.91 Å². The van der Waals surface area contributed by atoms with Gasteiger partial charge in [0.25, 0.3) is 11.8 Å². The van der Waals surface area contributed by atoms with Gasteiger partial charge in [-0.2, -0.15) is 0 Å². The Balaban J connectivity index is 1.28. The van der Waals surface area contributed by atoms with E-state index in [2.05, 4.69) is 28.1 Å². The van der Waals surface area contributed by atoms with Gasteiger partial charge in [-0.1, -0.05) is 19.1 Å². The molecule has 10 heteroatoms. The highest BCUT2D eigenvalue weighted by Gasteiger charge is 2.21. The molecule has 0 saturated heterocycles. The van der Waals surface area contributed by atoms with Crippen molar-refractivity contribution in [1.29, 1.82) is 0 Å². The predicted octanol–water partition coefficient (Wildman–Crippen LogP) is 3.72. The standard InChI is InChI=1S/C22H21FN4O3S2/c1-12-6-7-17-13(8-12)9-18(32-17)21(30)27-26-19(28)10-14-11-31-22(24-14)25-20(29)15-4-2-3-5-16(15)23/h2-5,9,11-12H,6-8,10H2,1H3,(H,26,28)(H,27,30)(H,24,25,29). The van der Waals surface area contributed by atoms with Crippen LogP contribution < -0.4 is 16.2 Å². The minimum atomic E-state index is -0.627. The van der Waals surface area contributed by atoms with Crippen LogP contribution in [-0.4, -0.2) is 22.7 Å². The summed E-state index contributed by atoms with van der Waals surface area (Å²) in [6.07, 6.45) is 3.01. The second-order valence-electron chi connectivity index (χ2n) is 7.66. The molecule has 3 aromatic rings. The summed E-state index contributed by atoms with van der Waals surface area (Å²) in [5.74, 6) is -1.41. The molecular weight excluding hydrogens is 451 g/mol. The molecule has 0 fully saturated rings. The van der Waals surface area contributed by atoms with Crippen molar-refractivity contribution in [3.05, 3.63) is 68.1 Å². The minimum absolute atomic E-state index is 0.0786. The van der Waals surface area contributed by atoms with Crippen molar-refractivity contribution in [2.75, 3.05) is 5.32 Å². The number of amides is 3. The largest absolute Gasteiger partial charge is 0.298 e. The number of halogens is 1. The lowest BCUT2D eigenvalue weighted by molar-refractivity contribution is -0.121. The summed E-state index contributed by atoms with van der Waals surface area (Å²) in [5, 5.41) is 4.39. The first-order valence-electron chi connectivity index (χ1n) is 10.1. The molecule has 0 aliphatic heterocycles. The average molecular weight is 473 g/mol. The zero-order chi connectivity index (χ0) is 22.7. The van der Waals surface area contributed by atoms with Crippen LogP contribution in [0.5, 0.6) is 0 Å². The van der Waals surface area contributed by atoms with Gasteiger partial charge in [0, 0.05) is 10.3 Å². The third-order valence-electron chi connectivity index (χ3n) is 5.10. The number of aryl methyl sites for hydroxylation is 1. The summed E-state index contributed by atoms with van der Waals surface area (Å²) in [6, 6.07) is 7.54. The fourth-order valence-electron chi connectivity index (χ4n) is 3.47. The van der Waals surface area contributed by atoms with E-state index >= 15 is 0 Å². The molecule has 1 aliphatic rings. The molecule has 1 unspecified atom stereocenters. The van der Waals surface area contributed by atoms with Crippen LogP contribution in [0.3, 0.4) is 0 Å². The number of thiazole rings is 1. The normalized spacial score (nSPS) is 15.0. The van der Waals surface area contributed by atoms with Crippen molar-refractivity contribution in [2.24, 2.45) is 5.92 Å². The van der Waals surface area contributed by atoms with Crippen LogP contribution in [0.1, 0.15) is 49.5 Å². The zero-order valence-electron chi connectivity index (χ0n) is 17.2. The Morgan fingerprint density at radius 1 is 1.19 bits per heavy atom. The van der Waals surface area contributed by atoms with E-state index < -0.39 is 17.6 Å². The molecule has 166 valence electrons. The van der Waals surface area contributed by atoms with Gasteiger partial charge in [0.1, 0.15) is 5.82 Å². The van der Waals surface area contributed by atoms with Crippen molar-refractivity contribution in [1.82, 2.24) is 15.8 Å². The fraction of sp³-hybridized carbons (Fsp3) is 0.273. The van der Waals surface area contributed by atoms with E-state index in [0.717, 1.165) is 30.6 Å². The van der Waals surface area contributed by atoms with E-state index in [1.165, 1.54) is 40.0 Å². The van der Waals surface area contributed by atoms with E-state index in [-0.39, 0.29) is 23.0 Å². The molecule has 1 aliphatic carbocycles. The predicted molar refractivity (Wildman–Crippen MR) is 121 cm³/mol. The van der Waals surface area contributed by atoms with Crippen LogP contribution in [0.15, 0.2) is 35.7 Å². The van der Waals surface area contributed by atoms with E-state index in [1.807, 2.05) is 6.07 Å². The highest BCUT2D eigenvalue weighted by atomic mass is 32.1. The van der Waals surface area contributed by atoms with Crippen LogP contribution in [0.2, 0.25) is 0 Å². The molecule has 3 amide bonds. The number of carbonyl (C=O) groups is 3. The Hall–Kier alpha value is -3.11. The van der Waals surface area contributed by atoms with Gasteiger partial charge in [-0.3, -0.25) is 30.6 Å². The summed E-state index contributed by atoms with van der Waals surface area (Å²) in [5.41, 5.74) is 6.39. The molecule has 4 rings (SSSR count). The third kappa shape index (κ3) is 5.20. The van der Waals surface area contributed by atoms with Gasteiger partial charge < -0.3 is 0 Å². The number of benzene rings is 1. The van der Waals surface area contributed by atoms with E-state index in [4.69, 9.17) is 0 Å². The SMILES string of the molecule is CC1CCc2sc(C(=O)NNC(=O)Cc3csc(NC(=O)c4ccccc4F)n3)cc2C1.